The fraction of sp³-hybridized carbons (Fsp3) is 0.717. The zero-order chi connectivity index (χ0) is 110. The Morgan fingerprint density at radius 2 is 0.696 bits per heavy atom. The van der Waals surface area contributed by atoms with E-state index in [0.29, 0.717) is 189 Å². The van der Waals surface area contributed by atoms with Gasteiger partial charge in [-0.15, -0.1) is 57.2 Å². The summed E-state index contributed by atoms with van der Waals surface area (Å²) in [5.41, 5.74) is 16.9. The van der Waals surface area contributed by atoms with Crippen LogP contribution in [-0.4, -0.2) is 275 Å². The number of anilines is 2. The number of hydrogen-bond acceptors (Lipinski definition) is 32. The van der Waals surface area contributed by atoms with Crippen molar-refractivity contribution in [2.24, 2.45) is 68.1 Å². The molecule has 0 fully saturated rings. The minimum absolute atomic E-state index is 0.0227. The summed E-state index contributed by atoms with van der Waals surface area (Å²) in [6.45, 7) is 68.9. The largest absolute Gasteiger partial charge is 0.475 e. The zero-order valence-electron chi connectivity index (χ0n) is 93.2. The van der Waals surface area contributed by atoms with E-state index in [9.17, 15) is 38.4 Å². The number of hydrogen-bond donors (Lipinski definition) is 10. The number of Topliss-reactive ketones (excluding diaryl/α,β-unsaturated/α-hetero) is 2. The molecule has 0 spiro atoms. The van der Waals surface area contributed by atoms with Crippen molar-refractivity contribution in [1.82, 2.24) is 61.9 Å². The highest BCUT2D eigenvalue weighted by Crippen LogP contribution is 2.32. The Morgan fingerprint density at radius 1 is 0.405 bits per heavy atom. The fourth-order valence-electron chi connectivity index (χ4n) is 12.8. The van der Waals surface area contributed by atoms with Gasteiger partial charge in [-0.2, -0.15) is 0 Å². The topological polar surface area (TPSA) is 482 Å². The highest BCUT2D eigenvalue weighted by Gasteiger charge is 2.36. The zero-order valence-corrected chi connectivity index (χ0v) is 96.5. The molecule has 12 N–H and O–H groups in total. The number of nitrogens with zero attached hydrogens (tertiary/aromatic N) is 8. The van der Waals surface area contributed by atoms with Gasteiger partial charge in [0.1, 0.15) is 24.6 Å². The average molecular weight is 2160 g/mol. The Morgan fingerprint density at radius 3 is 0.973 bits per heavy atom. The van der Waals surface area contributed by atoms with Gasteiger partial charge >= 0.3 is 12.1 Å². The summed E-state index contributed by atoms with van der Waals surface area (Å²) in [7, 11) is 0. The molecule has 4 rings (SSSR count). The summed E-state index contributed by atoms with van der Waals surface area (Å²) in [5, 5.41) is 48.4. The van der Waals surface area contributed by atoms with Crippen LogP contribution in [0, 0.1) is 46.3 Å². The van der Waals surface area contributed by atoms with Crippen LogP contribution in [0.25, 0.3) is 0 Å². The third-order valence-electron chi connectivity index (χ3n) is 22.2. The number of urea groups is 2. The molecule has 0 saturated heterocycles. The molecule has 0 aliphatic rings. The molecule has 8 amide bonds. The van der Waals surface area contributed by atoms with Crippen molar-refractivity contribution in [3.05, 3.63) is 108 Å². The quantitative estimate of drug-likeness (QED) is 0.00849. The molecule has 6 atom stereocenters. The number of nitrogens with two attached hydrogens (primary N) is 2. The van der Waals surface area contributed by atoms with Gasteiger partial charge in [-0.1, -0.05) is 211 Å². The number of carbonyl (C=O) groups excluding carboxylic acids is 8. The number of benzene rings is 2. The van der Waals surface area contributed by atoms with Crippen LogP contribution in [0.1, 0.15) is 240 Å². The molecule has 0 aliphatic carbocycles. The Balaban J connectivity index is 0.000000763. The first-order valence-corrected chi connectivity index (χ1v) is 55.5. The molecule has 2 heterocycles. The number of carbonyl (C=O) groups is 8. The third kappa shape index (κ3) is 69.6. The van der Waals surface area contributed by atoms with Crippen molar-refractivity contribution in [3.8, 4) is 0 Å². The Hall–Kier alpha value is -8.82. The van der Waals surface area contributed by atoms with Gasteiger partial charge in [-0.05, 0) is 122 Å². The van der Waals surface area contributed by atoms with Crippen molar-refractivity contribution < 1.29 is 95.4 Å². The number of aromatic nitrogens is 6. The summed E-state index contributed by atoms with van der Waals surface area (Å²) >= 11 is 7.00. The third-order valence-corrected chi connectivity index (χ3v) is 27.5. The predicted molar refractivity (Wildman–Crippen MR) is 594 cm³/mol. The molecule has 2 unspecified atom stereocenters. The highest BCUT2D eigenvalue weighted by atomic mass is 32.2. The van der Waals surface area contributed by atoms with Gasteiger partial charge in [-0.3, -0.25) is 28.8 Å². The molecule has 4 aromatic rings. The van der Waals surface area contributed by atoms with Crippen LogP contribution < -0.4 is 54.0 Å². The molecule has 38 nitrogen and oxygen atoms in total. The first-order valence-electron chi connectivity index (χ1n) is 51.5. The smallest absolute Gasteiger partial charge is 0.312 e. The predicted octanol–water partition coefficient (Wildman–Crippen LogP) is 15.5. The Kier molecular flexibility index (Phi) is 65.5. The molecule has 0 aliphatic heterocycles. The standard InChI is InChI=1S/C55H95N9O11S2.C51H87N9O9S2/c1-40(2)41(3)50(60-49(66)37-75-62-47(38-76-54(8,9)10)39-77-55(11,12)13)48(65)33-44(15-14-21-57-52(56)68)51(67)59-45-18-16-43(17-19-45)36-74-42(4)58-34-46-35-64(63-61-46)22-24-70-26-28-72-30-32-73-31-29-71-27-25-69-23-20-53(5,6)7;1-36(2)37(3)46(56-45(62)33-69-58-43(34-70-50(8,9)10)35-71-51(11,12)13)44(61)29-40(15-14-21-53-48(52)64)47(63)55-41-18-16-39(17-19-41)32-68-38(4)54-30-42-31-60(59-57-42)22-24-66-26-28-67-27-25-65-23-20-49(5,6)7/h16-19,35,40-41,44,50,58H,4,14-15,20-34,36-39H2,1-3,5-13H3,(H,59,67)(H,60,66)(H3,56,57,68);16-19,31,36-37,40,46,54H,4,14-15,20-30,32-35H2,1-3,5-13H3,(H,55,63)(H,56,62)(H3,52,53,64)/t41?,44-,50+;37?,40-,46+/m11/s1. The fourth-order valence-corrected chi connectivity index (χ4v) is 16.1. The van der Waals surface area contributed by atoms with Crippen molar-refractivity contribution in [3.63, 3.8) is 0 Å². The molecule has 840 valence electrons. The molecule has 0 radical (unpaired) electrons. The normalized spacial score (nSPS) is 13.1. The van der Waals surface area contributed by atoms with E-state index < -0.39 is 47.8 Å². The summed E-state index contributed by atoms with van der Waals surface area (Å²) in [6, 6.07) is 11.2. The van der Waals surface area contributed by atoms with Gasteiger partial charge in [0.2, 0.25) is 11.8 Å². The summed E-state index contributed by atoms with van der Waals surface area (Å²) < 4.78 is 59.9. The van der Waals surface area contributed by atoms with Crippen LogP contribution >= 0.6 is 47.0 Å². The number of thioether (sulfide) groups is 4. The number of amides is 8. The van der Waals surface area contributed by atoms with E-state index in [2.05, 4.69) is 211 Å². The van der Waals surface area contributed by atoms with Crippen LogP contribution in [0.3, 0.4) is 0 Å². The van der Waals surface area contributed by atoms with E-state index in [0.717, 1.165) is 48.6 Å². The van der Waals surface area contributed by atoms with Crippen molar-refractivity contribution in [1.29, 1.82) is 0 Å². The van der Waals surface area contributed by atoms with Crippen molar-refractivity contribution >= 4 is 117 Å². The monoisotopic (exact) mass is 2160 g/mol. The summed E-state index contributed by atoms with van der Waals surface area (Å²) in [4.78, 5) is 116. The lowest BCUT2D eigenvalue weighted by Crippen LogP contribution is -2.48. The average Bonchev–Trinajstić information content (AvgIpc) is 0.906. The van der Waals surface area contributed by atoms with Gasteiger partial charge in [0, 0.05) is 104 Å². The van der Waals surface area contributed by atoms with Gasteiger partial charge < -0.3 is 111 Å². The number of rotatable bonds is 78. The first kappa shape index (κ1) is 133. The van der Waals surface area contributed by atoms with Crippen LogP contribution in [-0.2, 0) is 125 Å². The maximum atomic E-state index is 14.1. The van der Waals surface area contributed by atoms with Gasteiger partial charge in [0.25, 0.3) is 11.8 Å². The Bertz CT molecular complexity index is 4480. The number of oxime groups is 2. The van der Waals surface area contributed by atoms with Crippen molar-refractivity contribution in [2.45, 2.75) is 288 Å². The molecule has 0 saturated carbocycles. The lowest BCUT2D eigenvalue weighted by molar-refractivity contribution is -0.133. The van der Waals surface area contributed by atoms with Crippen LogP contribution in [0.4, 0.5) is 21.0 Å². The lowest BCUT2D eigenvalue weighted by atomic mass is 9.84. The van der Waals surface area contributed by atoms with Crippen LogP contribution in [0.5, 0.6) is 0 Å². The maximum absolute atomic E-state index is 14.1. The molecule has 2 aromatic heterocycles. The van der Waals surface area contributed by atoms with E-state index in [1.807, 2.05) is 78.2 Å². The highest BCUT2D eigenvalue weighted by molar-refractivity contribution is 8.03. The molecule has 2 aromatic carbocycles. The van der Waals surface area contributed by atoms with E-state index in [4.69, 9.17) is 68.5 Å². The lowest BCUT2D eigenvalue weighted by Gasteiger charge is -2.28. The molecular weight excluding hydrogens is 1970 g/mol. The minimum Gasteiger partial charge on any atom is -0.475 e. The molecule has 0 bridgehead atoms. The SMILES string of the molecule is C=C(NCc1cn(CCOCCOCCOCCC(C)(C)C)nn1)OCc1ccc(NC(=O)[C@H](CCCNC(N)=O)CC(=O)[C@@H](NC(=O)CON=C(CSC(C)(C)C)CSC(C)(C)C)C(C)C(C)C)cc1.C=C(NCc1cn(CCOCCOCCOCCOCCOCCC(C)(C)C)nn1)OCc1ccc(NC(=O)[C@H](CCCNC(N)=O)CC(=O)[C@@H](NC(=O)CON=C(CSC(C)(C)C)CSC(C)(C)C)C(C)C(C)C)cc1. The van der Waals surface area contributed by atoms with Crippen LogP contribution in [0.2, 0.25) is 0 Å². The van der Waals surface area contributed by atoms with Crippen LogP contribution in [0.15, 0.2) is 96.2 Å². The number of nitrogens with one attached hydrogen (secondary N) is 8. The second kappa shape index (κ2) is 72.7. The molecule has 42 heteroatoms. The van der Waals surface area contributed by atoms with Gasteiger partial charge in [0.05, 0.1) is 155 Å². The summed E-state index contributed by atoms with van der Waals surface area (Å²) in [5.74, 6) is -0.930. The van der Waals surface area contributed by atoms with E-state index in [-0.39, 0.29) is 142 Å². The molecule has 148 heavy (non-hydrogen) atoms. The molecular formula is C106H182N18O20S4. The Labute approximate surface area is 899 Å². The number of primary amides is 2. The van der Waals surface area contributed by atoms with E-state index in [1.54, 1.807) is 80.7 Å². The summed E-state index contributed by atoms with van der Waals surface area (Å²) in [6.07, 6.45) is 6.75. The first-order chi connectivity index (χ1) is 69.6. The van der Waals surface area contributed by atoms with Crippen molar-refractivity contribution in [2.75, 3.05) is 166 Å². The van der Waals surface area contributed by atoms with Gasteiger partial charge in [-0.25, -0.2) is 19.0 Å². The van der Waals surface area contributed by atoms with E-state index >= 15 is 0 Å². The second-order valence-electron chi connectivity index (χ2n) is 43.3. The number of ether oxygens (including phenoxy) is 10. The number of ketones is 2. The van der Waals surface area contributed by atoms with E-state index in [1.165, 1.54) is 0 Å². The maximum Gasteiger partial charge on any atom is 0.312 e. The van der Waals surface area contributed by atoms with Gasteiger partial charge in [0.15, 0.2) is 36.5 Å². The minimum atomic E-state index is -0.879. The second-order valence-corrected chi connectivity index (χ2v) is 50.5.